The summed E-state index contributed by atoms with van der Waals surface area (Å²) in [5.74, 6) is 0.560. The summed E-state index contributed by atoms with van der Waals surface area (Å²) in [5.41, 5.74) is 10.9. The van der Waals surface area contributed by atoms with Crippen molar-refractivity contribution in [1.29, 1.82) is 0 Å². The molecule has 1 unspecified atom stereocenters. The van der Waals surface area contributed by atoms with Gasteiger partial charge in [-0.3, -0.25) is 10.2 Å². The van der Waals surface area contributed by atoms with E-state index in [9.17, 15) is 4.79 Å². The van der Waals surface area contributed by atoms with Crippen LogP contribution in [0, 0.1) is 5.92 Å². The molecule has 0 spiro atoms. The predicted octanol–water partition coefficient (Wildman–Crippen LogP) is -0.245. The lowest BCUT2D eigenvalue weighted by molar-refractivity contribution is -0.122. The molecule has 4 heteroatoms. The Morgan fingerprint density at radius 1 is 1.67 bits per heavy atom. The van der Waals surface area contributed by atoms with Gasteiger partial charge in [-0.1, -0.05) is 6.42 Å². The molecule has 0 aromatic rings. The van der Waals surface area contributed by atoms with Crippen LogP contribution in [0.4, 0.5) is 0 Å². The van der Waals surface area contributed by atoms with Crippen molar-refractivity contribution >= 4 is 5.91 Å². The van der Waals surface area contributed by atoms with Crippen LogP contribution >= 0.6 is 0 Å². The molecule has 4 nitrogen and oxygen atoms in total. The van der Waals surface area contributed by atoms with E-state index in [0.717, 1.165) is 0 Å². The predicted molar refractivity (Wildman–Crippen MR) is 47.1 cm³/mol. The number of nitrogens with one attached hydrogen (secondary N) is 2. The fourth-order valence-corrected chi connectivity index (χ4v) is 1.44. The molecule has 1 rings (SSSR count). The van der Waals surface area contributed by atoms with Crippen molar-refractivity contribution in [3.63, 3.8) is 0 Å². The smallest absolute Gasteiger partial charge is 0.235 e. The van der Waals surface area contributed by atoms with Gasteiger partial charge in [0.05, 0.1) is 0 Å². The standard InChI is InChI=1S/C8H17N3O/c1-10-11-8(12)5-7(9)6-3-2-4-6/h6-7,10H,2-5,9H2,1H3,(H,11,12). The summed E-state index contributed by atoms with van der Waals surface area (Å²) in [6.07, 6.45) is 4.08. The Bertz CT molecular complexity index is 156. The quantitative estimate of drug-likeness (QED) is 0.511. The highest BCUT2D eigenvalue weighted by atomic mass is 16.2. The van der Waals surface area contributed by atoms with Gasteiger partial charge >= 0.3 is 0 Å². The van der Waals surface area contributed by atoms with Gasteiger partial charge < -0.3 is 5.73 Å². The van der Waals surface area contributed by atoms with Gasteiger partial charge in [-0.25, -0.2) is 5.43 Å². The second kappa shape index (κ2) is 4.42. The van der Waals surface area contributed by atoms with Gasteiger partial charge in [0.15, 0.2) is 0 Å². The molecule has 1 aliphatic rings. The number of rotatable bonds is 4. The van der Waals surface area contributed by atoms with Crippen molar-refractivity contribution < 1.29 is 4.79 Å². The van der Waals surface area contributed by atoms with Crippen molar-refractivity contribution in [1.82, 2.24) is 10.9 Å². The van der Waals surface area contributed by atoms with Crippen LogP contribution in [-0.2, 0) is 4.79 Å². The summed E-state index contributed by atoms with van der Waals surface area (Å²) in [5, 5.41) is 0. The molecular formula is C8H17N3O. The average Bonchev–Trinajstić information content (AvgIpc) is 1.82. The molecule has 0 bridgehead atoms. The maximum absolute atomic E-state index is 11.0. The van der Waals surface area contributed by atoms with Crippen molar-refractivity contribution in [2.75, 3.05) is 7.05 Å². The summed E-state index contributed by atoms with van der Waals surface area (Å²) in [6.45, 7) is 0. The number of hydrazine groups is 1. The molecule has 1 fully saturated rings. The maximum Gasteiger partial charge on any atom is 0.235 e. The SMILES string of the molecule is CNNC(=O)CC(N)C1CCC1. The maximum atomic E-state index is 11.0. The molecule has 0 aliphatic heterocycles. The van der Waals surface area contributed by atoms with Crippen LogP contribution < -0.4 is 16.6 Å². The van der Waals surface area contributed by atoms with Crippen LogP contribution in [0.15, 0.2) is 0 Å². The van der Waals surface area contributed by atoms with E-state index in [4.69, 9.17) is 5.73 Å². The largest absolute Gasteiger partial charge is 0.327 e. The third-order valence-electron chi connectivity index (χ3n) is 2.44. The Kier molecular flexibility index (Phi) is 3.49. The summed E-state index contributed by atoms with van der Waals surface area (Å²) in [4.78, 5) is 11.0. The molecule has 0 heterocycles. The molecule has 0 aromatic carbocycles. The van der Waals surface area contributed by atoms with Crippen LogP contribution in [0.25, 0.3) is 0 Å². The van der Waals surface area contributed by atoms with E-state index in [2.05, 4.69) is 10.9 Å². The van der Waals surface area contributed by atoms with Crippen LogP contribution in [0.3, 0.4) is 0 Å². The highest BCUT2D eigenvalue weighted by Crippen LogP contribution is 2.29. The molecule has 1 saturated carbocycles. The Labute approximate surface area is 72.9 Å². The van der Waals surface area contributed by atoms with Gasteiger partial charge in [-0.05, 0) is 18.8 Å². The van der Waals surface area contributed by atoms with E-state index < -0.39 is 0 Å². The fourth-order valence-electron chi connectivity index (χ4n) is 1.44. The third-order valence-corrected chi connectivity index (χ3v) is 2.44. The summed E-state index contributed by atoms with van der Waals surface area (Å²) in [7, 11) is 1.67. The number of carbonyl (C=O) groups excluding carboxylic acids is 1. The van der Waals surface area contributed by atoms with Gasteiger partial charge in [0, 0.05) is 19.5 Å². The lowest BCUT2D eigenvalue weighted by Gasteiger charge is -2.30. The Morgan fingerprint density at radius 3 is 2.75 bits per heavy atom. The monoisotopic (exact) mass is 171 g/mol. The van der Waals surface area contributed by atoms with E-state index in [0.29, 0.717) is 12.3 Å². The highest BCUT2D eigenvalue weighted by Gasteiger charge is 2.25. The molecule has 0 saturated heterocycles. The molecule has 0 aromatic heterocycles. The van der Waals surface area contributed by atoms with Crippen molar-refractivity contribution in [2.24, 2.45) is 11.7 Å². The number of carbonyl (C=O) groups is 1. The molecular weight excluding hydrogens is 154 g/mol. The van der Waals surface area contributed by atoms with Gasteiger partial charge in [-0.2, -0.15) is 0 Å². The van der Waals surface area contributed by atoms with E-state index in [1.807, 2.05) is 0 Å². The third kappa shape index (κ3) is 2.46. The first-order chi connectivity index (χ1) is 5.74. The second-order valence-electron chi connectivity index (χ2n) is 3.36. The van der Waals surface area contributed by atoms with E-state index in [1.54, 1.807) is 7.05 Å². The molecule has 4 N–H and O–H groups in total. The van der Waals surface area contributed by atoms with Gasteiger partial charge in [0.2, 0.25) is 5.91 Å². The lowest BCUT2D eigenvalue weighted by atomic mass is 9.79. The first-order valence-electron chi connectivity index (χ1n) is 4.45. The van der Waals surface area contributed by atoms with Crippen LogP contribution in [-0.4, -0.2) is 19.0 Å². The second-order valence-corrected chi connectivity index (χ2v) is 3.36. The lowest BCUT2D eigenvalue weighted by Crippen LogP contribution is -2.42. The van der Waals surface area contributed by atoms with Crippen LogP contribution in [0.5, 0.6) is 0 Å². The molecule has 0 radical (unpaired) electrons. The Hall–Kier alpha value is -0.610. The minimum Gasteiger partial charge on any atom is -0.327 e. The number of hydrogen-bond donors (Lipinski definition) is 3. The van der Waals surface area contributed by atoms with Crippen LogP contribution in [0.2, 0.25) is 0 Å². The van der Waals surface area contributed by atoms with E-state index >= 15 is 0 Å². The molecule has 70 valence electrons. The van der Waals surface area contributed by atoms with E-state index in [-0.39, 0.29) is 11.9 Å². The molecule has 1 amide bonds. The molecule has 1 atom stereocenters. The minimum atomic E-state index is -0.0168. The van der Waals surface area contributed by atoms with Crippen molar-refractivity contribution in [3.05, 3.63) is 0 Å². The zero-order valence-corrected chi connectivity index (χ0v) is 7.47. The average molecular weight is 171 g/mol. The first kappa shape index (κ1) is 9.48. The van der Waals surface area contributed by atoms with Gasteiger partial charge in [0.1, 0.15) is 0 Å². The molecule has 1 aliphatic carbocycles. The van der Waals surface area contributed by atoms with Crippen molar-refractivity contribution in [2.45, 2.75) is 31.7 Å². The Balaban J connectivity index is 2.15. The fraction of sp³-hybridized carbons (Fsp3) is 0.875. The number of nitrogens with two attached hydrogens (primary N) is 1. The minimum absolute atomic E-state index is 0.0168. The zero-order valence-electron chi connectivity index (χ0n) is 7.47. The summed E-state index contributed by atoms with van der Waals surface area (Å²) >= 11 is 0. The highest BCUT2D eigenvalue weighted by molar-refractivity contribution is 5.76. The normalized spacial score (nSPS) is 19.8. The zero-order chi connectivity index (χ0) is 8.97. The van der Waals surface area contributed by atoms with E-state index in [1.165, 1.54) is 19.3 Å². The van der Waals surface area contributed by atoms with Crippen molar-refractivity contribution in [3.8, 4) is 0 Å². The van der Waals surface area contributed by atoms with Gasteiger partial charge in [0.25, 0.3) is 0 Å². The van der Waals surface area contributed by atoms with Crippen LogP contribution in [0.1, 0.15) is 25.7 Å². The topological polar surface area (TPSA) is 67.1 Å². The Morgan fingerprint density at radius 2 is 2.33 bits per heavy atom. The first-order valence-corrected chi connectivity index (χ1v) is 4.45. The molecule has 12 heavy (non-hydrogen) atoms. The number of hydrogen-bond acceptors (Lipinski definition) is 3. The summed E-state index contributed by atoms with van der Waals surface area (Å²) in [6, 6.07) is 0.0482. The summed E-state index contributed by atoms with van der Waals surface area (Å²) < 4.78 is 0. The van der Waals surface area contributed by atoms with Gasteiger partial charge in [-0.15, -0.1) is 0 Å². The number of amides is 1.